The summed E-state index contributed by atoms with van der Waals surface area (Å²) in [5.41, 5.74) is 3.50. The SMILES string of the molecule is COc1cc2c(cc1OC)CN(c1nc(C)cc(NCC(C)C)n1)CC2. The van der Waals surface area contributed by atoms with Gasteiger partial charge in [-0.05, 0) is 42.5 Å². The molecule has 0 atom stereocenters. The molecule has 3 rings (SSSR count). The molecule has 0 fully saturated rings. The van der Waals surface area contributed by atoms with Crippen LogP contribution in [0.15, 0.2) is 18.2 Å². The average molecular weight is 356 g/mol. The summed E-state index contributed by atoms with van der Waals surface area (Å²) in [5.74, 6) is 3.78. The average Bonchev–Trinajstić information content (AvgIpc) is 2.64. The lowest BCUT2D eigenvalue weighted by Gasteiger charge is -2.30. The molecule has 2 heterocycles. The highest BCUT2D eigenvalue weighted by atomic mass is 16.5. The van der Waals surface area contributed by atoms with Crippen LogP contribution >= 0.6 is 0 Å². The van der Waals surface area contributed by atoms with E-state index in [9.17, 15) is 0 Å². The van der Waals surface area contributed by atoms with Crippen molar-refractivity contribution >= 4 is 11.8 Å². The molecule has 0 unspecified atom stereocenters. The van der Waals surface area contributed by atoms with E-state index in [1.807, 2.05) is 13.0 Å². The van der Waals surface area contributed by atoms with E-state index >= 15 is 0 Å². The van der Waals surface area contributed by atoms with Crippen molar-refractivity contribution in [2.45, 2.75) is 33.7 Å². The molecule has 0 spiro atoms. The van der Waals surface area contributed by atoms with Crippen molar-refractivity contribution in [1.82, 2.24) is 9.97 Å². The zero-order valence-corrected chi connectivity index (χ0v) is 16.3. The fraction of sp³-hybridized carbons (Fsp3) is 0.500. The first-order chi connectivity index (χ1) is 12.5. The lowest BCUT2D eigenvalue weighted by Crippen LogP contribution is -2.32. The van der Waals surface area contributed by atoms with Gasteiger partial charge < -0.3 is 19.7 Å². The third kappa shape index (κ3) is 4.00. The molecule has 0 bridgehead atoms. The Bertz CT molecular complexity index is 777. The van der Waals surface area contributed by atoms with Gasteiger partial charge in [0.25, 0.3) is 0 Å². The van der Waals surface area contributed by atoms with Gasteiger partial charge in [-0.3, -0.25) is 0 Å². The Labute approximate surface area is 155 Å². The minimum absolute atomic E-state index is 0.568. The summed E-state index contributed by atoms with van der Waals surface area (Å²) in [6.07, 6.45) is 0.932. The Balaban J connectivity index is 1.84. The van der Waals surface area contributed by atoms with Crippen LogP contribution in [0.3, 0.4) is 0 Å². The first-order valence-corrected chi connectivity index (χ1v) is 9.08. The predicted molar refractivity (Wildman–Crippen MR) is 104 cm³/mol. The van der Waals surface area contributed by atoms with Crippen LogP contribution in [0.1, 0.15) is 30.7 Å². The minimum atomic E-state index is 0.568. The van der Waals surface area contributed by atoms with Gasteiger partial charge in [0, 0.05) is 31.4 Å². The van der Waals surface area contributed by atoms with Crippen LogP contribution in [0.5, 0.6) is 11.5 Å². The highest BCUT2D eigenvalue weighted by Crippen LogP contribution is 2.34. The number of nitrogens with zero attached hydrogens (tertiary/aromatic N) is 3. The molecule has 6 nitrogen and oxygen atoms in total. The standard InChI is InChI=1S/C20H28N4O2/c1-13(2)11-21-19-8-14(3)22-20(23-19)24-7-6-15-9-17(25-4)18(26-5)10-16(15)12-24/h8-10,13H,6-7,11-12H2,1-5H3,(H,21,22,23). The lowest BCUT2D eigenvalue weighted by molar-refractivity contribution is 0.353. The second kappa shape index (κ2) is 7.81. The van der Waals surface area contributed by atoms with Gasteiger partial charge in [-0.2, -0.15) is 4.98 Å². The Morgan fingerprint density at radius 2 is 1.77 bits per heavy atom. The number of hydrogen-bond acceptors (Lipinski definition) is 6. The summed E-state index contributed by atoms with van der Waals surface area (Å²) < 4.78 is 10.9. The van der Waals surface area contributed by atoms with Crippen molar-refractivity contribution in [2.75, 3.05) is 37.5 Å². The number of methoxy groups -OCH3 is 2. The maximum Gasteiger partial charge on any atom is 0.227 e. The molecule has 1 aromatic heterocycles. The van der Waals surface area contributed by atoms with E-state index in [1.54, 1.807) is 14.2 Å². The number of aryl methyl sites for hydroxylation is 1. The van der Waals surface area contributed by atoms with Crippen molar-refractivity contribution in [3.63, 3.8) is 0 Å². The van der Waals surface area contributed by atoms with E-state index in [0.29, 0.717) is 5.92 Å². The van der Waals surface area contributed by atoms with Crippen LogP contribution in [0, 0.1) is 12.8 Å². The van der Waals surface area contributed by atoms with Crippen molar-refractivity contribution in [1.29, 1.82) is 0 Å². The smallest absolute Gasteiger partial charge is 0.227 e. The number of anilines is 2. The summed E-state index contributed by atoms with van der Waals surface area (Å²) in [5, 5.41) is 3.40. The van der Waals surface area contributed by atoms with E-state index in [2.05, 4.69) is 41.2 Å². The van der Waals surface area contributed by atoms with Gasteiger partial charge in [0.05, 0.1) is 14.2 Å². The molecular weight excluding hydrogens is 328 g/mol. The van der Waals surface area contributed by atoms with Crippen molar-refractivity contribution < 1.29 is 9.47 Å². The summed E-state index contributed by atoms with van der Waals surface area (Å²) in [6, 6.07) is 6.14. The summed E-state index contributed by atoms with van der Waals surface area (Å²) in [4.78, 5) is 11.6. The second-order valence-corrected chi connectivity index (χ2v) is 7.12. The number of nitrogens with one attached hydrogen (secondary N) is 1. The molecule has 0 saturated carbocycles. The molecule has 1 aromatic carbocycles. The summed E-state index contributed by atoms with van der Waals surface area (Å²) in [7, 11) is 3.34. The topological polar surface area (TPSA) is 59.5 Å². The van der Waals surface area contributed by atoms with Gasteiger partial charge in [-0.15, -0.1) is 0 Å². The maximum atomic E-state index is 5.45. The van der Waals surface area contributed by atoms with E-state index in [4.69, 9.17) is 14.5 Å². The summed E-state index contributed by atoms with van der Waals surface area (Å²) >= 11 is 0. The first-order valence-electron chi connectivity index (χ1n) is 9.08. The molecule has 140 valence electrons. The lowest BCUT2D eigenvalue weighted by atomic mass is 9.99. The maximum absolute atomic E-state index is 5.45. The Kier molecular flexibility index (Phi) is 5.49. The van der Waals surface area contributed by atoms with Gasteiger partial charge in [0.15, 0.2) is 11.5 Å². The fourth-order valence-corrected chi connectivity index (χ4v) is 3.15. The number of benzene rings is 1. The van der Waals surface area contributed by atoms with E-state index in [1.165, 1.54) is 11.1 Å². The van der Waals surface area contributed by atoms with Gasteiger partial charge >= 0.3 is 0 Å². The molecule has 0 aliphatic carbocycles. The predicted octanol–water partition coefficient (Wildman–Crippen LogP) is 3.43. The highest BCUT2D eigenvalue weighted by molar-refractivity contribution is 5.52. The number of ether oxygens (including phenoxy) is 2. The summed E-state index contributed by atoms with van der Waals surface area (Å²) in [6.45, 7) is 8.93. The zero-order chi connectivity index (χ0) is 18.7. The van der Waals surface area contributed by atoms with E-state index < -0.39 is 0 Å². The number of rotatable bonds is 6. The molecule has 1 N–H and O–H groups in total. The number of hydrogen-bond donors (Lipinski definition) is 1. The van der Waals surface area contributed by atoms with E-state index in [0.717, 1.165) is 55.0 Å². The van der Waals surface area contributed by atoms with Gasteiger partial charge in [0.2, 0.25) is 5.95 Å². The van der Waals surface area contributed by atoms with E-state index in [-0.39, 0.29) is 0 Å². The molecule has 1 aliphatic heterocycles. The molecule has 0 saturated heterocycles. The number of fused-ring (bicyclic) bond motifs is 1. The molecule has 1 aliphatic rings. The Morgan fingerprint density at radius 1 is 1.08 bits per heavy atom. The van der Waals surface area contributed by atoms with Crippen molar-refractivity contribution in [3.8, 4) is 11.5 Å². The molecule has 2 aromatic rings. The van der Waals surface area contributed by atoms with Gasteiger partial charge in [0.1, 0.15) is 5.82 Å². The first kappa shape index (κ1) is 18.3. The van der Waals surface area contributed by atoms with Crippen LogP contribution in [0.2, 0.25) is 0 Å². The minimum Gasteiger partial charge on any atom is -0.493 e. The number of aromatic nitrogens is 2. The molecular formula is C20H28N4O2. The highest BCUT2D eigenvalue weighted by Gasteiger charge is 2.21. The normalized spacial score (nSPS) is 13.5. The van der Waals surface area contributed by atoms with Crippen LogP contribution < -0.4 is 19.7 Å². The van der Waals surface area contributed by atoms with Crippen LogP contribution in [0.25, 0.3) is 0 Å². The van der Waals surface area contributed by atoms with Crippen LogP contribution in [-0.2, 0) is 13.0 Å². The van der Waals surface area contributed by atoms with Crippen LogP contribution in [0.4, 0.5) is 11.8 Å². The quantitative estimate of drug-likeness (QED) is 0.856. The Hall–Kier alpha value is -2.50. The molecule has 0 radical (unpaired) electrons. The molecule has 6 heteroatoms. The Morgan fingerprint density at radius 3 is 2.42 bits per heavy atom. The largest absolute Gasteiger partial charge is 0.493 e. The van der Waals surface area contributed by atoms with Crippen molar-refractivity contribution in [3.05, 3.63) is 35.0 Å². The second-order valence-electron chi connectivity index (χ2n) is 7.12. The zero-order valence-electron chi connectivity index (χ0n) is 16.3. The van der Waals surface area contributed by atoms with Crippen LogP contribution in [-0.4, -0.2) is 37.3 Å². The monoisotopic (exact) mass is 356 g/mol. The molecule has 0 amide bonds. The van der Waals surface area contributed by atoms with Gasteiger partial charge in [-0.25, -0.2) is 4.98 Å². The van der Waals surface area contributed by atoms with Gasteiger partial charge in [-0.1, -0.05) is 13.8 Å². The van der Waals surface area contributed by atoms with Crippen molar-refractivity contribution in [2.24, 2.45) is 5.92 Å². The molecule has 26 heavy (non-hydrogen) atoms. The fourth-order valence-electron chi connectivity index (χ4n) is 3.15. The third-order valence-corrected chi connectivity index (χ3v) is 4.53. The third-order valence-electron chi connectivity index (χ3n) is 4.53.